The Balaban J connectivity index is 2.81. The van der Waals surface area contributed by atoms with Crippen LogP contribution in [0.4, 0.5) is 0 Å². The van der Waals surface area contributed by atoms with E-state index in [4.69, 9.17) is 29.2 Å². The maximum atomic E-state index is 5.09. The predicted molar refractivity (Wildman–Crippen MR) is 98.9 cm³/mol. The summed E-state index contributed by atoms with van der Waals surface area (Å²) in [7, 11) is 5.07. The molecule has 0 amide bonds. The molecular formula is C13H23N7OS2. The first kappa shape index (κ1) is 19.3. The van der Waals surface area contributed by atoms with Crippen LogP contribution >= 0.6 is 24.4 Å². The lowest BCUT2D eigenvalue weighted by Gasteiger charge is -2.27. The van der Waals surface area contributed by atoms with Gasteiger partial charge < -0.3 is 15.4 Å². The number of thiocarbonyl (C=S) groups is 2. The number of rotatable bonds is 7. The molecular weight excluding hydrogens is 334 g/mol. The van der Waals surface area contributed by atoms with Crippen molar-refractivity contribution in [2.75, 3.05) is 21.2 Å². The highest BCUT2D eigenvalue weighted by atomic mass is 32.1. The average molecular weight is 358 g/mol. The van der Waals surface area contributed by atoms with E-state index in [1.54, 1.807) is 33.5 Å². The molecule has 0 aliphatic carbocycles. The highest BCUT2D eigenvalue weighted by Crippen LogP contribution is 2.17. The van der Waals surface area contributed by atoms with Gasteiger partial charge in [-0.2, -0.15) is 0 Å². The minimum atomic E-state index is -0.133. The van der Waals surface area contributed by atoms with Crippen LogP contribution in [0.25, 0.3) is 0 Å². The Hall–Kier alpha value is -1.75. The zero-order valence-corrected chi connectivity index (χ0v) is 15.2. The standard InChI is InChI=1S/C13H23N7OS2/c1-8(17-19-12(22)14-2)11(18-20-13(23)15-3)9-5-6-10(21-4)16-7-9/h5-8,11,17-18H,1-4H3,(H2,14,19,22)(H2,15,20,23). The van der Waals surface area contributed by atoms with Crippen molar-refractivity contribution in [2.45, 2.75) is 19.0 Å². The van der Waals surface area contributed by atoms with E-state index in [0.29, 0.717) is 16.1 Å². The SMILES string of the molecule is CNC(=S)NNC(C)C(NNC(=S)NC)c1ccc(OC)nc1. The van der Waals surface area contributed by atoms with E-state index >= 15 is 0 Å². The molecule has 0 fully saturated rings. The summed E-state index contributed by atoms with van der Waals surface area (Å²) < 4.78 is 5.09. The smallest absolute Gasteiger partial charge is 0.212 e. The second-order valence-electron chi connectivity index (χ2n) is 4.60. The number of hydrogen-bond donors (Lipinski definition) is 6. The molecule has 0 aromatic carbocycles. The number of hydrogen-bond acceptors (Lipinski definition) is 6. The second-order valence-corrected chi connectivity index (χ2v) is 5.41. The summed E-state index contributed by atoms with van der Waals surface area (Å²) in [5.74, 6) is 0.557. The Morgan fingerprint density at radius 3 is 2.17 bits per heavy atom. The molecule has 0 spiro atoms. The van der Waals surface area contributed by atoms with Crippen molar-refractivity contribution in [1.29, 1.82) is 0 Å². The van der Waals surface area contributed by atoms with Crippen molar-refractivity contribution < 1.29 is 4.74 Å². The van der Waals surface area contributed by atoms with Gasteiger partial charge in [-0.05, 0) is 36.9 Å². The number of ether oxygens (including phenoxy) is 1. The first-order valence-corrected chi connectivity index (χ1v) is 7.79. The Labute approximate surface area is 147 Å². The summed E-state index contributed by atoms with van der Waals surface area (Å²) in [4.78, 5) is 4.23. The molecule has 0 radical (unpaired) electrons. The van der Waals surface area contributed by atoms with Gasteiger partial charge in [0.05, 0.1) is 13.2 Å². The number of methoxy groups -OCH3 is 1. The van der Waals surface area contributed by atoms with Gasteiger partial charge in [-0.15, -0.1) is 0 Å². The molecule has 1 aromatic heterocycles. The van der Waals surface area contributed by atoms with E-state index < -0.39 is 0 Å². The molecule has 1 heterocycles. The van der Waals surface area contributed by atoms with Gasteiger partial charge in [0.15, 0.2) is 10.2 Å². The van der Waals surface area contributed by atoms with Crippen LogP contribution in [0.5, 0.6) is 5.88 Å². The van der Waals surface area contributed by atoms with Crippen molar-refractivity contribution in [3.63, 3.8) is 0 Å². The number of nitrogens with zero attached hydrogens (tertiary/aromatic N) is 1. The minimum Gasteiger partial charge on any atom is -0.481 e. The van der Waals surface area contributed by atoms with Crippen LogP contribution < -0.4 is 37.1 Å². The fourth-order valence-corrected chi connectivity index (χ4v) is 1.84. The zero-order chi connectivity index (χ0) is 17.2. The van der Waals surface area contributed by atoms with Gasteiger partial charge in [-0.3, -0.25) is 10.9 Å². The largest absolute Gasteiger partial charge is 0.481 e. The fraction of sp³-hybridized carbons (Fsp3) is 0.462. The quantitative estimate of drug-likeness (QED) is 0.289. The highest BCUT2D eigenvalue weighted by molar-refractivity contribution is 7.80. The predicted octanol–water partition coefficient (Wildman–Crippen LogP) is -0.283. The van der Waals surface area contributed by atoms with Crippen LogP contribution in [0.3, 0.4) is 0 Å². The van der Waals surface area contributed by atoms with Gasteiger partial charge in [-0.25, -0.2) is 15.8 Å². The van der Waals surface area contributed by atoms with Gasteiger partial charge in [0.2, 0.25) is 5.88 Å². The molecule has 2 unspecified atom stereocenters. The molecule has 8 nitrogen and oxygen atoms in total. The lowest BCUT2D eigenvalue weighted by atomic mass is 10.0. The van der Waals surface area contributed by atoms with Crippen molar-refractivity contribution in [2.24, 2.45) is 0 Å². The van der Waals surface area contributed by atoms with E-state index in [-0.39, 0.29) is 12.1 Å². The summed E-state index contributed by atoms with van der Waals surface area (Å²) in [5.41, 5.74) is 13.1. The van der Waals surface area contributed by atoms with Crippen LogP contribution in [0, 0.1) is 0 Å². The van der Waals surface area contributed by atoms with Crippen LogP contribution in [0.15, 0.2) is 18.3 Å². The molecule has 1 rings (SSSR count). The van der Waals surface area contributed by atoms with Crippen molar-refractivity contribution in [1.82, 2.24) is 37.3 Å². The van der Waals surface area contributed by atoms with E-state index in [2.05, 4.69) is 37.3 Å². The highest BCUT2D eigenvalue weighted by Gasteiger charge is 2.20. The number of nitrogens with one attached hydrogen (secondary N) is 6. The summed E-state index contributed by atoms with van der Waals surface area (Å²) in [6.45, 7) is 2.00. The fourth-order valence-electron chi connectivity index (χ4n) is 1.72. The van der Waals surface area contributed by atoms with E-state index in [9.17, 15) is 0 Å². The maximum absolute atomic E-state index is 5.09. The third-order valence-electron chi connectivity index (χ3n) is 3.04. The first-order chi connectivity index (χ1) is 11.0. The number of aromatic nitrogens is 1. The van der Waals surface area contributed by atoms with E-state index in [1.807, 2.05) is 13.0 Å². The third-order valence-corrected chi connectivity index (χ3v) is 3.65. The minimum absolute atomic E-state index is 0.0383. The van der Waals surface area contributed by atoms with Gasteiger partial charge in [0.1, 0.15) is 0 Å². The van der Waals surface area contributed by atoms with Gasteiger partial charge >= 0.3 is 0 Å². The Bertz CT molecular complexity index is 512. The number of pyridine rings is 1. The van der Waals surface area contributed by atoms with Gasteiger partial charge in [0.25, 0.3) is 0 Å². The van der Waals surface area contributed by atoms with Gasteiger partial charge in [0, 0.05) is 32.4 Å². The molecule has 0 aliphatic heterocycles. The molecule has 0 saturated carbocycles. The van der Waals surface area contributed by atoms with Crippen LogP contribution in [0.2, 0.25) is 0 Å². The Kier molecular flexibility index (Phi) is 8.48. The molecule has 0 bridgehead atoms. The topological polar surface area (TPSA) is 94.3 Å². The first-order valence-electron chi connectivity index (χ1n) is 6.98. The molecule has 128 valence electrons. The normalized spacial score (nSPS) is 12.7. The summed E-state index contributed by atoms with van der Waals surface area (Å²) in [6, 6.07) is 3.57. The summed E-state index contributed by atoms with van der Waals surface area (Å²) in [6.07, 6.45) is 1.75. The van der Waals surface area contributed by atoms with Crippen molar-refractivity contribution >= 4 is 34.7 Å². The van der Waals surface area contributed by atoms with E-state index in [1.165, 1.54) is 0 Å². The lowest BCUT2D eigenvalue weighted by Crippen LogP contribution is -2.54. The molecule has 2 atom stereocenters. The Morgan fingerprint density at radius 2 is 1.70 bits per heavy atom. The van der Waals surface area contributed by atoms with Crippen LogP contribution in [-0.2, 0) is 0 Å². The average Bonchev–Trinajstić information content (AvgIpc) is 2.59. The summed E-state index contributed by atoms with van der Waals surface area (Å²) in [5, 5.41) is 6.67. The van der Waals surface area contributed by atoms with Crippen LogP contribution in [-0.4, -0.2) is 42.5 Å². The molecule has 0 aliphatic rings. The van der Waals surface area contributed by atoms with Gasteiger partial charge in [-0.1, -0.05) is 6.07 Å². The molecule has 6 N–H and O–H groups in total. The molecule has 10 heteroatoms. The third kappa shape index (κ3) is 6.48. The van der Waals surface area contributed by atoms with E-state index in [0.717, 1.165) is 5.56 Å². The van der Waals surface area contributed by atoms with Crippen molar-refractivity contribution in [3.05, 3.63) is 23.9 Å². The monoisotopic (exact) mass is 357 g/mol. The summed E-state index contributed by atoms with van der Waals surface area (Å²) >= 11 is 10.1. The second kappa shape index (κ2) is 10.1. The Morgan fingerprint density at radius 1 is 1.09 bits per heavy atom. The zero-order valence-electron chi connectivity index (χ0n) is 13.6. The molecule has 0 saturated heterocycles. The molecule has 23 heavy (non-hydrogen) atoms. The number of hydrazine groups is 2. The molecule has 1 aromatic rings. The lowest BCUT2D eigenvalue weighted by molar-refractivity contribution is 0.366. The maximum Gasteiger partial charge on any atom is 0.212 e. The van der Waals surface area contributed by atoms with Crippen LogP contribution in [0.1, 0.15) is 18.5 Å². The van der Waals surface area contributed by atoms with Crippen molar-refractivity contribution in [3.8, 4) is 5.88 Å².